The van der Waals surface area contributed by atoms with Gasteiger partial charge >= 0.3 is 0 Å². The van der Waals surface area contributed by atoms with Gasteiger partial charge in [0.1, 0.15) is 16.3 Å². The number of imidazole rings is 2. The van der Waals surface area contributed by atoms with Crippen molar-refractivity contribution in [2.45, 2.75) is 45.3 Å². The first kappa shape index (κ1) is 26.6. The second kappa shape index (κ2) is 10.2. The van der Waals surface area contributed by atoms with E-state index in [9.17, 15) is 8.78 Å². The Labute approximate surface area is 243 Å². The number of rotatable bonds is 7. The van der Waals surface area contributed by atoms with Crippen LogP contribution in [0.3, 0.4) is 0 Å². The summed E-state index contributed by atoms with van der Waals surface area (Å²) in [5, 5.41) is 8.75. The lowest BCUT2D eigenvalue weighted by Gasteiger charge is -2.37. The number of hydrogen-bond donors (Lipinski definition) is 3. The van der Waals surface area contributed by atoms with E-state index in [2.05, 4.69) is 47.6 Å². The van der Waals surface area contributed by atoms with Crippen molar-refractivity contribution in [1.29, 1.82) is 0 Å². The van der Waals surface area contributed by atoms with Gasteiger partial charge in [-0.1, -0.05) is 0 Å². The monoisotopic (exact) mass is 589 g/mol. The highest BCUT2D eigenvalue weighted by atomic mass is 32.1. The van der Waals surface area contributed by atoms with E-state index in [-0.39, 0.29) is 17.6 Å². The van der Waals surface area contributed by atoms with Crippen LogP contribution in [0.2, 0.25) is 0 Å². The van der Waals surface area contributed by atoms with E-state index in [1.807, 2.05) is 23.7 Å². The number of hydrogen-bond acceptors (Lipinski definition) is 9. The molecule has 0 bridgehead atoms. The van der Waals surface area contributed by atoms with Crippen LogP contribution < -0.4 is 11.1 Å². The van der Waals surface area contributed by atoms with E-state index in [4.69, 9.17) is 10.7 Å². The summed E-state index contributed by atoms with van der Waals surface area (Å²) >= 11 is 1.40. The third kappa shape index (κ3) is 5.12. The number of H-pyrrole nitrogens is 1. The molecule has 0 aliphatic carbocycles. The number of aryl methyl sites for hydroxylation is 1. The van der Waals surface area contributed by atoms with Crippen LogP contribution in [0.4, 0.5) is 19.6 Å². The Morgan fingerprint density at radius 2 is 2.05 bits per heavy atom. The van der Waals surface area contributed by atoms with Gasteiger partial charge in [-0.05, 0) is 63.0 Å². The van der Waals surface area contributed by atoms with Crippen molar-refractivity contribution >= 4 is 39.0 Å². The average molecular weight is 590 g/mol. The summed E-state index contributed by atoms with van der Waals surface area (Å²) in [4.78, 5) is 19.0. The number of nitrogens with one attached hydrogen (secondary N) is 2. The van der Waals surface area contributed by atoms with Crippen molar-refractivity contribution in [2.75, 3.05) is 18.4 Å². The molecule has 1 aliphatic heterocycles. The van der Waals surface area contributed by atoms with Gasteiger partial charge in [0.05, 0.1) is 41.5 Å². The number of fused-ring (bicyclic) bond motifs is 2. The molecule has 14 heteroatoms. The fourth-order valence-corrected chi connectivity index (χ4v) is 6.24. The molecule has 1 aromatic carbocycles. The van der Waals surface area contributed by atoms with E-state index in [1.54, 1.807) is 17.1 Å². The van der Waals surface area contributed by atoms with Crippen LogP contribution in [0, 0.1) is 18.6 Å². The summed E-state index contributed by atoms with van der Waals surface area (Å²) in [5.74, 6) is -0.796. The van der Waals surface area contributed by atoms with Crippen LogP contribution >= 0.6 is 11.5 Å². The van der Waals surface area contributed by atoms with Gasteiger partial charge in [0.2, 0.25) is 0 Å². The van der Waals surface area contributed by atoms with Crippen LogP contribution in [0.15, 0.2) is 43.0 Å². The SMILES string of the molecule is Cc1cn2c(-c3cnn(Cc4nc5c(F)c(F)ccc5[nH]4)c3)cnc2c(Nc2cc(CN3CCCC(C)(N)C3)ns2)n1. The number of aromatic amines is 1. The summed E-state index contributed by atoms with van der Waals surface area (Å²) in [6.45, 7) is 6.95. The van der Waals surface area contributed by atoms with Crippen molar-refractivity contribution in [3.63, 3.8) is 0 Å². The van der Waals surface area contributed by atoms with Crippen molar-refractivity contribution in [3.8, 4) is 11.3 Å². The van der Waals surface area contributed by atoms with Gasteiger partial charge in [0.15, 0.2) is 23.1 Å². The first-order valence-corrected chi connectivity index (χ1v) is 14.4. The van der Waals surface area contributed by atoms with E-state index < -0.39 is 11.6 Å². The highest BCUT2D eigenvalue weighted by Crippen LogP contribution is 2.29. The minimum Gasteiger partial charge on any atom is -0.340 e. The standard InChI is InChI=1S/C28H29F2N11S/c1-16-11-41-21(17-9-33-40(12-17)14-22-35-20-5-4-19(29)24(30)25(20)36-22)10-32-27(41)26(34-16)37-23-8-18(38-42-23)13-39-7-3-6-28(2,31)15-39/h4-5,8-12H,3,6-7,13-15,31H2,1-2H3,(H,34,37)(H,35,36). The van der Waals surface area contributed by atoms with E-state index >= 15 is 0 Å². The van der Waals surface area contributed by atoms with Gasteiger partial charge in [-0.25, -0.2) is 23.7 Å². The first-order chi connectivity index (χ1) is 20.2. The minimum absolute atomic E-state index is 0.0275. The van der Waals surface area contributed by atoms with E-state index in [1.165, 1.54) is 17.6 Å². The number of nitrogens with two attached hydrogens (primary N) is 1. The Bertz CT molecular complexity index is 1920. The van der Waals surface area contributed by atoms with Crippen molar-refractivity contribution < 1.29 is 8.78 Å². The number of halogens is 2. The molecule has 4 N–H and O–H groups in total. The molecular formula is C28H29F2N11S. The van der Waals surface area contributed by atoms with Crippen LogP contribution in [-0.2, 0) is 13.1 Å². The van der Waals surface area contributed by atoms with Crippen molar-refractivity contribution in [3.05, 3.63) is 71.8 Å². The van der Waals surface area contributed by atoms with Crippen LogP contribution in [-0.4, -0.2) is 62.0 Å². The maximum absolute atomic E-state index is 14.1. The molecule has 0 radical (unpaired) electrons. The van der Waals surface area contributed by atoms with Crippen molar-refractivity contribution in [2.24, 2.45) is 5.73 Å². The molecule has 11 nitrogen and oxygen atoms in total. The van der Waals surface area contributed by atoms with Crippen molar-refractivity contribution in [1.82, 2.24) is 43.4 Å². The molecule has 1 atom stereocenters. The molecule has 6 aromatic rings. The largest absolute Gasteiger partial charge is 0.340 e. The van der Waals surface area contributed by atoms with E-state index in [0.717, 1.165) is 66.2 Å². The fourth-order valence-electron chi connectivity index (χ4n) is 5.59. The predicted molar refractivity (Wildman–Crippen MR) is 157 cm³/mol. The van der Waals surface area contributed by atoms with Crippen LogP contribution in [0.1, 0.15) is 37.0 Å². The molecule has 216 valence electrons. The number of aromatic nitrogens is 8. The second-order valence-corrected chi connectivity index (χ2v) is 12.0. The molecule has 5 aromatic heterocycles. The first-order valence-electron chi connectivity index (χ1n) is 13.6. The minimum atomic E-state index is -0.967. The highest BCUT2D eigenvalue weighted by molar-refractivity contribution is 7.10. The number of nitrogens with zero attached hydrogens (tertiary/aromatic N) is 8. The Hall–Kier alpha value is -4.27. The molecule has 0 saturated carbocycles. The van der Waals surface area contributed by atoms with Crippen LogP contribution in [0.5, 0.6) is 0 Å². The zero-order valence-electron chi connectivity index (χ0n) is 23.1. The fraction of sp³-hybridized carbons (Fsp3) is 0.321. The highest BCUT2D eigenvalue weighted by Gasteiger charge is 2.27. The Kier molecular flexibility index (Phi) is 6.48. The molecule has 1 saturated heterocycles. The van der Waals surface area contributed by atoms with Gasteiger partial charge in [0, 0.05) is 36.6 Å². The summed E-state index contributed by atoms with van der Waals surface area (Å²) in [5.41, 5.74) is 10.8. The molecule has 1 fully saturated rings. The summed E-state index contributed by atoms with van der Waals surface area (Å²) in [6.07, 6.45) is 9.43. The number of anilines is 2. The number of likely N-dealkylation sites (tertiary alicyclic amines) is 1. The third-order valence-electron chi connectivity index (χ3n) is 7.44. The molecule has 1 aliphatic rings. The molecule has 1 unspecified atom stereocenters. The number of benzene rings is 1. The van der Waals surface area contributed by atoms with Gasteiger partial charge in [-0.15, -0.1) is 0 Å². The Balaban J connectivity index is 1.10. The lowest BCUT2D eigenvalue weighted by atomic mass is 9.92. The molecule has 0 spiro atoms. The Morgan fingerprint density at radius 1 is 1.17 bits per heavy atom. The average Bonchev–Trinajstić information content (AvgIpc) is 3.73. The molecule has 42 heavy (non-hydrogen) atoms. The molecular weight excluding hydrogens is 560 g/mol. The third-order valence-corrected chi connectivity index (χ3v) is 8.18. The summed E-state index contributed by atoms with van der Waals surface area (Å²) in [6, 6.07) is 4.60. The lowest BCUT2D eigenvalue weighted by Crippen LogP contribution is -2.51. The molecule has 6 heterocycles. The topological polar surface area (TPSA) is 131 Å². The molecule has 0 amide bonds. The lowest BCUT2D eigenvalue weighted by molar-refractivity contribution is 0.152. The number of piperidine rings is 1. The maximum atomic E-state index is 14.1. The second-order valence-electron chi connectivity index (χ2n) is 11.2. The van der Waals surface area contributed by atoms with Gasteiger partial charge in [-0.3, -0.25) is 14.0 Å². The maximum Gasteiger partial charge on any atom is 0.186 e. The summed E-state index contributed by atoms with van der Waals surface area (Å²) in [7, 11) is 0. The van der Waals surface area contributed by atoms with Gasteiger partial charge in [-0.2, -0.15) is 9.47 Å². The van der Waals surface area contributed by atoms with Gasteiger partial charge < -0.3 is 16.0 Å². The quantitative estimate of drug-likeness (QED) is 0.246. The molecule has 7 rings (SSSR count). The zero-order valence-corrected chi connectivity index (χ0v) is 23.9. The Morgan fingerprint density at radius 3 is 2.90 bits per heavy atom. The van der Waals surface area contributed by atoms with Crippen LogP contribution in [0.25, 0.3) is 27.9 Å². The zero-order chi connectivity index (χ0) is 29.0. The predicted octanol–water partition coefficient (Wildman–Crippen LogP) is 4.62. The smallest absolute Gasteiger partial charge is 0.186 e. The van der Waals surface area contributed by atoms with E-state index in [0.29, 0.717) is 22.8 Å². The normalized spacial score (nSPS) is 17.9. The van der Waals surface area contributed by atoms with Gasteiger partial charge in [0.25, 0.3) is 0 Å². The summed E-state index contributed by atoms with van der Waals surface area (Å²) < 4.78 is 36.0.